The molecule has 0 spiro atoms. The van der Waals surface area contributed by atoms with E-state index in [1.807, 2.05) is 6.92 Å². The first-order valence-corrected chi connectivity index (χ1v) is 6.38. The summed E-state index contributed by atoms with van der Waals surface area (Å²) in [4.78, 5) is 31.5. The van der Waals surface area contributed by atoms with Crippen molar-refractivity contribution in [2.75, 3.05) is 0 Å². The summed E-state index contributed by atoms with van der Waals surface area (Å²) in [5.74, 6) is -0.335. The SMILES string of the molecule is CCC=O.O=C(c1ccccc1)c1ccccc1[N+](=O)[O-]. The first kappa shape index (κ1) is 16.2. The highest BCUT2D eigenvalue weighted by molar-refractivity contribution is 6.11. The predicted molar refractivity (Wildman–Crippen MR) is 79.3 cm³/mol. The Morgan fingerprint density at radius 1 is 1.10 bits per heavy atom. The van der Waals surface area contributed by atoms with E-state index in [0.717, 1.165) is 6.29 Å². The van der Waals surface area contributed by atoms with Crippen LogP contribution in [-0.4, -0.2) is 17.0 Å². The number of ketones is 1. The lowest BCUT2D eigenvalue weighted by atomic mass is 10.0. The Labute approximate surface area is 122 Å². The molecular formula is C16H15NO4. The zero-order valence-electron chi connectivity index (χ0n) is 11.6. The Morgan fingerprint density at radius 3 is 2.14 bits per heavy atom. The van der Waals surface area contributed by atoms with Gasteiger partial charge in [0.05, 0.1) is 4.92 Å². The standard InChI is InChI=1S/C13H9NO3.C3H6O/c15-13(10-6-2-1-3-7-10)11-8-4-5-9-12(11)14(16)17;1-2-3-4/h1-9H;3H,2H2,1H3. The molecule has 0 bridgehead atoms. The summed E-state index contributed by atoms with van der Waals surface area (Å²) in [6, 6.07) is 14.5. The third-order valence-corrected chi connectivity index (χ3v) is 2.55. The third-order valence-electron chi connectivity index (χ3n) is 2.55. The molecule has 0 atom stereocenters. The zero-order chi connectivity index (χ0) is 15.7. The monoisotopic (exact) mass is 285 g/mol. The lowest BCUT2D eigenvalue weighted by Crippen LogP contribution is -2.04. The second-order valence-electron chi connectivity index (χ2n) is 4.04. The smallest absolute Gasteiger partial charge is 0.280 e. The fraction of sp³-hybridized carbons (Fsp3) is 0.125. The summed E-state index contributed by atoms with van der Waals surface area (Å²) in [7, 11) is 0. The summed E-state index contributed by atoms with van der Waals surface area (Å²) in [6.07, 6.45) is 1.51. The van der Waals surface area contributed by atoms with Crippen LogP contribution >= 0.6 is 0 Å². The van der Waals surface area contributed by atoms with Crippen LogP contribution in [0.2, 0.25) is 0 Å². The average Bonchev–Trinajstić information content (AvgIpc) is 2.55. The Hall–Kier alpha value is -2.82. The van der Waals surface area contributed by atoms with E-state index >= 15 is 0 Å². The van der Waals surface area contributed by atoms with E-state index in [0.29, 0.717) is 12.0 Å². The summed E-state index contributed by atoms with van der Waals surface area (Å²) < 4.78 is 0. The molecule has 21 heavy (non-hydrogen) atoms. The van der Waals surface area contributed by atoms with Crippen molar-refractivity contribution >= 4 is 17.8 Å². The summed E-state index contributed by atoms with van der Waals surface area (Å²) in [5, 5.41) is 10.8. The number of hydrogen-bond donors (Lipinski definition) is 0. The van der Waals surface area contributed by atoms with Gasteiger partial charge in [0.1, 0.15) is 11.8 Å². The molecule has 5 heteroatoms. The molecule has 0 aromatic heterocycles. The molecule has 5 nitrogen and oxygen atoms in total. The lowest BCUT2D eigenvalue weighted by molar-refractivity contribution is -0.385. The number of nitro benzene ring substituents is 1. The van der Waals surface area contributed by atoms with Crippen LogP contribution in [0.1, 0.15) is 29.3 Å². The van der Waals surface area contributed by atoms with Crippen molar-refractivity contribution < 1.29 is 14.5 Å². The molecule has 0 aliphatic heterocycles. The topological polar surface area (TPSA) is 77.3 Å². The highest BCUT2D eigenvalue weighted by Crippen LogP contribution is 2.20. The van der Waals surface area contributed by atoms with E-state index in [9.17, 15) is 19.7 Å². The molecule has 2 rings (SSSR count). The number of carbonyl (C=O) groups excluding carboxylic acids is 2. The first-order chi connectivity index (χ1) is 10.1. The van der Waals surface area contributed by atoms with Crippen molar-refractivity contribution in [3.05, 3.63) is 75.8 Å². The number of nitrogens with zero attached hydrogens (tertiary/aromatic N) is 1. The average molecular weight is 285 g/mol. The molecule has 0 heterocycles. The van der Waals surface area contributed by atoms with Crippen molar-refractivity contribution in [1.29, 1.82) is 0 Å². The second kappa shape index (κ2) is 8.37. The largest absolute Gasteiger partial charge is 0.303 e. The van der Waals surface area contributed by atoms with Gasteiger partial charge in [0, 0.05) is 18.1 Å². The van der Waals surface area contributed by atoms with Gasteiger partial charge in [-0.15, -0.1) is 0 Å². The van der Waals surface area contributed by atoms with Gasteiger partial charge < -0.3 is 4.79 Å². The maximum Gasteiger partial charge on any atom is 0.280 e. The van der Waals surface area contributed by atoms with E-state index < -0.39 is 4.92 Å². The highest BCUT2D eigenvalue weighted by Gasteiger charge is 2.19. The van der Waals surface area contributed by atoms with Gasteiger partial charge in [-0.05, 0) is 6.07 Å². The van der Waals surface area contributed by atoms with Gasteiger partial charge in [-0.2, -0.15) is 0 Å². The maximum atomic E-state index is 12.1. The quantitative estimate of drug-likeness (QED) is 0.373. The van der Waals surface area contributed by atoms with E-state index in [1.54, 1.807) is 42.5 Å². The van der Waals surface area contributed by atoms with E-state index in [2.05, 4.69) is 0 Å². The van der Waals surface area contributed by atoms with Gasteiger partial charge in [-0.1, -0.05) is 49.4 Å². The van der Waals surface area contributed by atoms with Crippen LogP contribution in [0.4, 0.5) is 5.69 Å². The number of hydrogen-bond acceptors (Lipinski definition) is 4. The number of aldehydes is 1. The van der Waals surface area contributed by atoms with Crippen molar-refractivity contribution in [2.45, 2.75) is 13.3 Å². The second-order valence-corrected chi connectivity index (χ2v) is 4.04. The van der Waals surface area contributed by atoms with Crippen LogP contribution in [0.5, 0.6) is 0 Å². The van der Waals surface area contributed by atoms with Gasteiger partial charge in [0.2, 0.25) is 0 Å². The molecule has 108 valence electrons. The van der Waals surface area contributed by atoms with Crippen molar-refractivity contribution in [2.24, 2.45) is 0 Å². The molecule has 0 radical (unpaired) electrons. The van der Waals surface area contributed by atoms with Crippen LogP contribution in [0.25, 0.3) is 0 Å². The molecule has 0 aliphatic rings. The lowest BCUT2D eigenvalue weighted by Gasteiger charge is -2.01. The molecule has 0 aliphatic carbocycles. The Kier molecular flexibility index (Phi) is 6.47. The maximum absolute atomic E-state index is 12.1. The fourth-order valence-corrected chi connectivity index (χ4v) is 1.57. The normalized spacial score (nSPS) is 9.19. The molecule has 0 N–H and O–H groups in total. The fourth-order valence-electron chi connectivity index (χ4n) is 1.57. The van der Waals surface area contributed by atoms with Crippen LogP contribution in [-0.2, 0) is 4.79 Å². The van der Waals surface area contributed by atoms with Crippen molar-refractivity contribution in [1.82, 2.24) is 0 Å². The van der Waals surface area contributed by atoms with Gasteiger partial charge in [-0.25, -0.2) is 0 Å². The molecule has 2 aromatic carbocycles. The van der Waals surface area contributed by atoms with Gasteiger partial charge in [-0.3, -0.25) is 14.9 Å². The number of benzene rings is 2. The Balaban J connectivity index is 0.000000491. The summed E-state index contributed by atoms with van der Waals surface area (Å²) in [6.45, 7) is 1.81. The van der Waals surface area contributed by atoms with Crippen molar-refractivity contribution in [3.63, 3.8) is 0 Å². The summed E-state index contributed by atoms with van der Waals surface area (Å²) >= 11 is 0. The van der Waals surface area contributed by atoms with Gasteiger partial charge in [0.15, 0.2) is 5.78 Å². The molecule has 2 aromatic rings. The number of para-hydroxylation sites is 1. The van der Waals surface area contributed by atoms with Crippen LogP contribution in [0, 0.1) is 10.1 Å². The molecule has 0 fully saturated rings. The number of rotatable bonds is 4. The summed E-state index contributed by atoms with van der Waals surface area (Å²) in [5.41, 5.74) is 0.395. The van der Waals surface area contributed by atoms with E-state index in [1.165, 1.54) is 12.1 Å². The van der Waals surface area contributed by atoms with Crippen LogP contribution in [0.3, 0.4) is 0 Å². The third kappa shape index (κ3) is 4.65. The number of nitro groups is 1. The minimum Gasteiger partial charge on any atom is -0.303 e. The minimum absolute atomic E-state index is 0.115. The Morgan fingerprint density at radius 2 is 1.62 bits per heavy atom. The van der Waals surface area contributed by atoms with Crippen LogP contribution in [0.15, 0.2) is 54.6 Å². The van der Waals surface area contributed by atoms with E-state index in [-0.39, 0.29) is 17.0 Å². The molecule has 0 saturated carbocycles. The van der Waals surface area contributed by atoms with Crippen molar-refractivity contribution in [3.8, 4) is 0 Å². The molecule has 0 amide bonds. The minimum atomic E-state index is -0.545. The Bertz CT molecular complexity index is 623. The highest BCUT2D eigenvalue weighted by atomic mass is 16.6. The predicted octanol–water partition coefficient (Wildman–Crippen LogP) is 3.42. The molecular weight excluding hydrogens is 270 g/mol. The van der Waals surface area contributed by atoms with E-state index in [4.69, 9.17) is 0 Å². The molecule has 0 saturated heterocycles. The zero-order valence-corrected chi connectivity index (χ0v) is 11.6. The first-order valence-electron chi connectivity index (χ1n) is 6.38. The number of carbonyl (C=O) groups is 2. The van der Waals surface area contributed by atoms with Gasteiger partial charge in [0.25, 0.3) is 5.69 Å². The molecule has 0 unspecified atom stereocenters. The van der Waals surface area contributed by atoms with Crippen LogP contribution < -0.4 is 0 Å². The van der Waals surface area contributed by atoms with Gasteiger partial charge >= 0.3 is 0 Å².